The van der Waals surface area contributed by atoms with Gasteiger partial charge in [-0.2, -0.15) is 0 Å². The van der Waals surface area contributed by atoms with Crippen LogP contribution in [0.2, 0.25) is 0 Å². The van der Waals surface area contributed by atoms with Crippen molar-refractivity contribution in [3.8, 4) is 5.75 Å². The Kier molecular flexibility index (Phi) is 2.69. The zero-order valence-corrected chi connectivity index (χ0v) is 9.20. The molecule has 1 heterocycles. The summed E-state index contributed by atoms with van der Waals surface area (Å²) in [5.41, 5.74) is 0.799. The van der Waals surface area contributed by atoms with Crippen molar-refractivity contribution in [1.82, 2.24) is 0 Å². The Bertz CT molecular complexity index is 433. The van der Waals surface area contributed by atoms with Gasteiger partial charge in [-0.1, -0.05) is 18.6 Å². The van der Waals surface area contributed by atoms with Crippen LogP contribution in [0.15, 0.2) is 24.3 Å². The minimum Gasteiger partial charge on any atom is -0.508 e. The average Bonchev–Trinajstić information content (AvgIpc) is 2.19. The molecule has 4 heteroatoms. The molecule has 0 amide bonds. The standard InChI is InChI=1S/C11H14O3S/c12-10-6-4-9(5-7-10)11-3-1-2-8-15(11,13)14/h4-7,11-12H,1-3,8H2. The molecule has 0 aliphatic carbocycles. The second-order valence-electron chi connectivity index (χ2n) is 3.94. The zero-order valence-electron chi connectivity index (χ0n) is 8.39. The molecule has 0 bridgehead atoms. The van der Waals surface area contributed by atoms with Crippen molar-refractivity contribution in [1.29, 1.82) is 0 Å². The first-order valence-corrected chi connectivity index (χ1v) is 6.82. The van der Waals surface area contributed by atoms with Crippen LogP contribution < -0.4 is 0 Å². The van der Waals surface area contributed by atoms with E-state index in [1.807, 2.05) is 0 Å². The summed E-state index contributed by atoms with van der Waals surface area (Å²) in [4.78, 5) is 0. The van der Waals surface area contributed by atoms with Crippen molar-refractivity contribution in [2.45, 2.75) is 24.5 Å². The van der Waals surface area contributed by atoms with Gasteiger partial charge in [0.2, 0.25) is 0 Å². The summed E-state index contributed by atoms with van der Waals surface area (Å²) in [6.07, 6.45) is 2.44. The normalized spacial score (nSPS) is 24.9. The summed E-state index contributed by atoms with van der Waals surface area (Å²) in [5, 5.41) is 8.77. The molecule has 1 saturated heterocycles. The maximum atomic E-state index is 11.8. The van der Waals surface area contributed by atoms with E-state index in [-0.39, 0.29) is 11.0 Å². The maximum absolute atomic E-state index is 11.8. The molecular formula is C11H14O3S. The Labute approximate surface area is 89.7 Å². The highest BCUT2D eigenvalue weighted by Crippen LogP contribution is 2.33. The van der Waals surface area contributed by atoms with Gasteiger partial charge in [-0.15, -0.1) is 0 Å². The van der Waals surface area contributed by atoms with E-state index in [4.69, 9.17) is 5.11 Å². The zero-order chi connectivity index (χ0) is 10.9. The Morgan fingerprint density at radius 1 is 1.13 bits per heavy atom. The topological polar surface area (TPSA) is 54.4 Å². The van der Waals surface area contributed by atoms with E-state index in [2.05, 4.69) is 0 Å². The van der Waals surface area contributed by atoms with Crippen LogP contribution in [0.25, 0.3) is 0 Å². The van der Waals surface area contributed by atoms with E-state index in [1.54, 1.807) is 24.3 Å². The molecule has 0 aromatic heterocycles. The van der Waals surface area contributed by atoms with Crippen LogP contribution in [0.3, 0.4) is 0 Å². The van der Waals surface area contributed by atoms with Gasteiger partial charge in [0.05, 0.1) is 11.0 Å². The SMILES string of the molecule is O=S1(=O)CCCCC1c1ccc(O)cc1. The molecule has 82 valence electrons. The molecule has 2 rings (SSSR count). The molecule has 3 nitrogen and oxygen atoms in total. The van der Waals surface area contributed by atoms with Crippen molar-refractivity contribution >= 4 is 9.84 Å². The molecule has 1 aromatic carbocycles. The molecule has 1 atom stereocenters. The second kappa shape index (κ2) is 3.85. The van der Waals surface area contributed by atoms with Crippen molar-refractivity contribution in [3.63, 3.8) is 0 Å². The molecule has 1 unspecified atom stereocenters. The summed E-state index contributed by atoms with van der Waals surface area (Å²) >= 11 is 0. The van der Waals surface area contributed by atoms with E-state index in [9.17, 15) is 8.42 Å². The summed E-state index contributed by atoms with van der Waals surface area (Å²) in [6.45, 7) is 0. The monoisotopic (exact) mass is 226 g/mol. The quantitative estimate of drug-likeness (QED) is 0.797. The van der Waals surface area contributed by atoms with Crippen LogP contribution in [0, 0.1) is 0 Å². The van der Waals surface area contributed by atoms with Gasteiger partial charge in [-0.3, -0.25) is 0 Å². The third kappa shape index (κ3) is 2.15. The first-order valence-electron chi connectivity index (χ1n) is 5.10. The maximum Gasteiger partial charge on any atom is 0.157 e. The van der Waals surface area contributed by atoms with Gasteiger partial charge in [0.1, 0.15) is 5.75 Å². The lowest BCUT2D eigenvalue weighted by atomic mass is 10.1. The van der Waals surface area contributed by atoms with Gasteiger partial charge in [0.15, 0.2) is 9.84 Å². The van der Waals surface area contributed by atoms with Crippen LogP contribution in [0.4, 0.5) is 0 Å². The van der Waals surface area contributed by atoms with Crippen molar-refractivity contribution < 1.29 is 13.5 Å². The van der Waals surface area contributed by atoms with E-state index in [0.717, 1.165) is 18.4 Å². The molecule has 15 heavy (non-hydrogen) atoms. The lowest BCUT2D eigenvalue weighted by molar-refractivity contribution is 0.474. The predicted molar refractivity (Wildman–Crippen MR) is 58.5 cm³/mol. The van der Waals surface area contributed by atoms with Gasteiger partial charge < -0.3 is 5.11 Å². The number of hydrogen-bond acceptors (Lipinski definition) is 3. The van der Waals surface area contributed by atoms with E-state index in [1.165, 1.54) is 0 Å². The van der Waals surface area contributed by atoms with Gasteiger partial charge in [0, 0.05) is 0 Å². The highest BCUT2D eigenvalue weighted by atomic mass is 32.2. The lowest BCUT2D eigenvalue weighted by Gasteiger charge is -2.22. The Balaban J connectivity index is 2.33. The molecule has 1 aliphatic heterocycles. The van der Waals surface area contributed by atoms with Gasteiger partial charge in [-0.05, 0) is 30.5 Å². The van der Waals surface area contributed by atoms with Crippen LogP contribution in [-0.2, 0) is 9.84 Å². The minimum atomic E-state index is -2.97. The number of benzene rings is 1. The van der Waals surface area contributed by atoms with E-state index in [0.29, 0.717) is 12.2 Å². The molecular weight excluding hydrogens is 212 g/mol. The van der Waals surface area contributed by atoms with Crippen molar-refractivity contribution in [2.24, 2.45) is 0 Å². The summed E-state index contributed by atoms with van der Waals surface area (Å²) in [5.74, 6) is 0.463. The molecule has 1 aromatic rings. The van der Waals surface area contributed by atoms with E-state index >= 15 is 0 Å². The smallest absolute Gasteiger partial charge is 0.157 e. The van der Waals surface area contributed by atoms with E-state index < -0.39 is 9.84 Å². The third-order valence-corrected chi connectivity index (χ3v) is 5.08. The van der Waals surface area contributed by atoms with Gasteiger partial charge in [0.25, 0.3) is 0 Å². The molecule has 1 fully saturated rings. The summed E-state index contributed by atoms with van der Waals surface area (Å²) in [7, 11) is -2.97. The number of hydrogen-bond donors (Lipinski definition) is 1. The second-order valence-corrected chi connectivity index (χ2v) is 6.25. The first kappa shape index (κ1) is 10.5. The van der Waals surface area contributed by atoms with Crippen LogP contribution in [0.1, 0.15) is 30.1 Å². The average molecular weight is 226 g/mol. The largest absolute Gasteiger partial charge is 0.508 e. The Morgan fingerprint density at radius 2 is 1.80 bits per heavy atom. The number of aromatic hydroxyl groups is 1. The highest BCUT2D eigenvalue weighted by Gasteiger charge is 2.29. The molecule has 0 radical (unpaired) electrons. The van der Waals surface area contributed by atoms with Crippen LogP contribution in [0.5, 0.6) is 5.75 Å². The fourth-order valence-corrected chi connectivity index (χ4v) is 4.01. The molecule has 0 spiro atoms. The lowest BCUT2D eigenvalue weighted by Crippen LogP contribution is -2.21. The minimum absolute atomic E-state index is 0.173. The summed E-state index contributed by atoms with van der Waals surface area (Å²) in [6, 6.07) is 6.48. The van der Waals surface area contributed by atoms with Gasteiger partial charge >= 0.3 is 0 Å². The molecule has 1 aliphatic rings. The highest BCUT2D eigenvalue weighted by molar-refractivity contribution is 7.91. The third-order valence-electron chi connectivity index (χ3n) is 2.84. The fraction of sp³-hybridized carbons (Fsp3) is 0.455. The number of sulfone groups is 1. The molecule has 1 N–H and O–H groups in total. The first-order chi connectivity index (χ1) is 7.09. The number of phenols is 1. The molecule has 0 saturated carbocycles. The number of rotatable bonds is 1. The number of phenolic OH excluding ortho intramolecular Hbond substituents is 1. The van der Waals surface area contributed by atoms with Crippen LogP contribution >= 0.6 is 0 Å². The van der Waals surface area contributed by atoms with Crippen molar-refractivity contribution in [2.75, 3.05) is 5.75 Å². The summed E-state index contributed by atoms with van der Waals surface area (Å²) < 4.78 is 23.6. The van der Waals surface area contributed by atoms with Crippen molar-refractivity contribution in [3.05, 3.63) is 29.8 Å². The van der Waals surface area contributed by atoms with Gasteiger partial charge in [-0.25, -0.2) is 8.42 Å². The Hall–Kier alpha value is -1.03. The fourth-order valence-electron chi connectivity index (χ4n) is 2.02. The predicted octanol–water partition coefficient (Wildman–Crippen LogP) is 2.03. The van der Waals surface area contributed by atoms with Crippen LogP contribution in [-0.4, -0.2) is 19.3 Å². The Morgan fingerprint density at radius 3 is 2.40 bits per heavy atom.